The van der Waals surface area contributed by atoms with Gasteiger partial charge in [0.05, 0.1) is 17.7 Å². The highest BCUT2D eigenvalue weighted by Gasteiger charge is 2.31. The molecule has 0 aliphatic carbocycles. The number of alkyl halides is 3. The van der Waals surface area contributed by atoms with Crippen molar-refractivity contribution >= 4 is 17.6 Å². The number of para-hydroxylation sites is 1. The first kappa shape index (κ1) is 25.2. The van der Waals surface area contributed by atoms with E-state index < -0.39 is 23.5 Å². The zero-order chi connectivity index (χ0) is 25.9. The number of ether oxygens (including phenoxy) is 1. The summed E-state index contributed by atoms with van der Waals surface area (Å²) in [4.78, 5) is 25.4. The van der Waals surface area contributed by atoms with Crippen LogP contribution in [0.25, 0.3) is 0 Å². The molecule has 0 atom stereocenters. The molecule has 0 fully saturated rings. The monoisotopic (exact) mass is 501 g/mol. The molecule has 188 valence electrons. The number of amides is 1. The van der Waals surface area contributed by atoms with Gasteiger partial charge in [0.15, 0.2) is 0 Å². The van der Waals surface area contributed by atoms with Crippen LogP contribution in [-0.4, -0.2) is 23.5 Å². The number of benzene rings is 3. The molecule has 9 heteroatoms. The van der Waals surface area contributed by atoms with Crippen LogP contribution in [0.4, 0.5) is 23.2 Å². The number of anilines is 1. The van der Waals surface area contributed by atoms with Gasteiger partial charge in [0, 0.05) is 24.6 Å². The summed E-state index contributed by atoms with van der Waals surface area (Å²) in [5.41, 5.74) is 2.37. The number of rotatable bonds is 8. The first-order valence-electron chi connectivity index (χ1n) is 11.3. The van der Waals surface area contributed by atoms with E-state index in [4.69, 9.17) is 9.84 Å². The number of carbonyl (C=O) groups is 2. The second-order valence-corrected chi connectivity index (χ2v) is 8.53. The second kappa shape index (κ2) is 10.4. The molecular formula is C27H23F4NO4. The van der Waals surface area contributed by atoms with Crippen LogP contribution in [0, 0.1) is 5.82 Å². The molecule has 1 N–H and O–H groups in total. The number of aliphatic carboxylic acids is 1. The molecule has 36 heavy (non-hydrogen) atoms. The van der Waals surface area contributed by atoms with Crippen molar-refractivity contribution in [2.45, 2.75) is 38.5 Å². The summed E-state index contributed by atoms with van der Waals surface area (Å²) in [5, 5.41) is 8.77. The van der Waals surface area contributed by atoms with E-state index in [2.05, 4.69) is 0 Å². The van der Waals surface area contributed by atoms with Gasteiger partial charge in [0.2, 0.25) is 5.91 Å². The summed E-state index contributed by atoms with van der Waals surface area (Å²) in [6.45, 7) is 0.514. The van der Waals surface area contributed by atoms with Crippen molar-refractivity contribution in [2.24, 2.45) is 0 Å². The Hall–Kier alpha value is -3.88. The molecule has 0 unspecified atom stereocenters. The first-order chi connectivity index (χ1) is 17.1. The van der Waals surface area contributed by atoms with Gasteiger partial charge in [0.1, 0.15) is 18.2 Å². The Kier molecular flexibility index (Phi) is 7.28. The molecule has 3 aromatic rings. The third kappa shape index (κ3) is 5.84. The van der Waals surface area contributed by atoms with Gasteiger partial charge in [-0.2, -0.15) is 13.2 Å². The van der Waals surface area contributed by atoms with E-state index >= 15 is 0 Å². The second-order valence-electron chi connectivity index (χ2n) is 8.53. The van der Waals surface area contributed by atoms with E-state index in [9.17, 15) is 27.2 Å². The summed E-state index contributed by atoms with van der Waals surface area (Å²) < 4.78 is 58.5. The predicted molar refractivity (Wildman–Crippen MR) is 124 cm³/mol. The van der Waals surface area contributed by atoms with Crippen molar-refractivity contribution < 1.29 is 37.0 Å². The molecule has 4 rings (SSSR count). The van der Waals surface area contributed by atoms with Gasteiger partial charge in [-0.1, -0.05) is 36.4 Å². The lowest BCUT2D eigenvalue weighted by Gasteiger charge is -2.21. The highest BCUT2D eigenvalue weighted by Crippen LogP contribution is 2.34. The Morgan fingerprint density at radius 2 is 1.75 bits per heavy atom. The van der Waals surface area contributed by atoms with Crippen molar-refractivity contribution in [3.63, 3.8) is 0 Å². The average Bonchev–Trinajstić information content (AvgIpc) is 3.27. The topological polar surface area (TPSA) is 66.8 Å². The number of fused-ring (bicyclic) bond motifs is 1. The van der Waals surface area contributed by atoms with Gasteiger partial charge < -0.3 is 14.7 Å². The van der Waals surface area contributed by atoms with Crippen LogP contribution in [-0.2, 0) is 41.6 Å². The van der Waals surface area contributed by atoms with Crippen molar-refractivity contribution in [3.8, 4) is 5.75 Å². The van der Waals surface area contributed by atoms with E-state index in [1.807, 2.05) is 12.1 Å². The van der Waals surface area contributed by atoms with Gasteiger partial charge in [0.25, 0.3) is 0 Å². The van der Waals surface area contributed by atoms with Gasteiger partial charge in [-0.25, -0.2) is 4.39 Å². The molecule has 0 bridgehead atoms. The highest BCUT2D eigenvalue weighted by molar-refractivity contribution is 5.97. The summed E-state index contributed by atoms with van der Waals surface area (Å²) in [5.74, 6) is -1.54. The van der Waals surface area contributed by atoms with Crippen LogP contribution in [0.15, 0.2) is 60.7 Å². The maximum Gasteiger partial charge on any atom is 0.416 e. The zero-order valence-corrected chi connectivity index (χ0v) is 19.1. The lowest BCUT2D eigenvalue weighted by molar-refractivity contribution is -0.138. The summed E-state index contributed by atoms with van der Waals surface area (Å²) in [7, 11) is 0. The number of carbonyl (C=O) groups excluding carboxylic acids is 1. The smallest absolute Gasteiger partial charge is 0.416 e. The number of nitrogens with zero attached hydrogens (tertiary/aromatic N) is 1. The van der Waals surface area contributed by atoms with Crippen LogP contribution in [0.5, 0.6) is 5.75 Å². The summed E-state index contributed by atoms with van der Waals surface area (Å²) >= 11 is 0. The normalized spacial score (nSPS) is 12.9. The largest absolute Gasteiger partial charge is 0.489 e. The SMILES string of the molecule is O=C(O)CCc1ccc(OCc2cccc3c2N(C(=O)Cc2ccc(C(F)(F)F)cc2)CC3)cc1F. The van der Waals surface area contributed by atoms with E-state index in [0.717, 1.165) is 23.3 Å². The molecule has 0 radical (unpaired) electrons. The third-order valence-corrected chi connectivity index (χ3v) is 6.04. The Bertz CT molecular complexity index is 1270. The maximum absolute atomic E-state index is 14.3. The van der Waals surface area contributed by atoms with Crippen LogP contribution in [0.3, 0.4) is 0 Å². The number of hydrogen-bond donors (Lipinski definition) is 1. The standard InChI is InChI=1S/C27H23F4NO4/c28-23-15-22(10-6-18(23)7-11-25(34)35)36-16-20-3-1-2-19-12-13-32(26(19)20)24(33)14-17-4-8-21(9-5-17)27(29,30)31/h1-6,8-10,15H,7,11-14,16H2,(H,34,35). The van der Waals surface area contributed by atoms with Gasteiger partial charge in [-0.3, -0.25) is 9.59 Å². The highest BCUT2D eigenvalue weighted by atomic mass is 19.4. The summed E-state index contributed by atoms with van der Waals surface area (Å²) in [6, 6.07) is 14.4. The van der Waals surface area contributed by atoms with Crippen LogP contribution in [0.1, 0.15) is 34.2 Å². The maximum atomic E-state index is 14.3. The lowest BCUT2D eigenvalue weighted by Crippen LogP contribution is -2.31. The fourth-order valence-corrected chi connectivity index (χ4v) is 4.21. The summed E-state index contributed by atoms with van der Waals surface area (Å²) in [6.07, 6.45) is -3.95. The van der Waals surface area contributed by atoms with Gasteiger partial charge >= 0.3 is 12.1 Å². The molecule has 1 amide bonds. The number of carboxylic acid groups (broad SMARTS) is 1. The Morgan fingerprint density at radius 1 is 1.00 bits per heavy atom. The molecular weight excluding hydrogens is 478 g/mol. The molecule has 5 nitrogen and oxygen atoms in total. The molecule has 1 heterocycles. The fourth-order valence-electron chi connectivity index (χ4n) is 4.21. The van der Waals surface area contributed by atoms with Crippen molar-refractivity contribution in [1.82, 2.24) is 0 Å². The van der Waals surface area contributed by atoms with Crippen molar-refractivity contribution in [2.75, 3.05) is 11.4 Å². The minimum atomic E-state index is -4.44. The Balaban J connectivity index is 1.45. The minimum absolute atomic E-state index is 0.0458. The molecule has 1 aliphatic rings. The molecule has 0 spiro atoms. The van der Waals surface area contributed by atoms with E-state index in [1.165, 1.54) is 24.3 Å². The quantitative estimate of drug-likeness (QED) is 0.410. The molecule has 0 saturated carbocycles. The average molecular weight is 501 g/mol. The number of halogens is 4. The zero-order valence-electron chi connectivity index (χ0n) is 19.1. The Labute approximate surface area is 204 Å². The predicted octanol–water partition coefficient (Wildman–Crippen LogP) is 5.57. The lowest BCUT2D eigenvalue weighted by atomic mass is 10.1. The van der Waals surface area contributed by atoms with E-state index in [1.54, 1.807) is 17.0 Å². The van der Waals surface area contributed by atoms with Gasteiger partial charge in [-0.05, 0) is 47.7 Å². The molecule has 1 aliphatic heterocycles. The Morgan fingerprint density at radius 3 is 2.42 bits per heavy atom. The number of carboxylic acids is 1. The van der Waals surface area contributed by atoms with Gasteiger partial charge in [-0.15, -0.1) is 0 Å². The van der Waals surface area contributed by atoms with Crippen LogP contribution >= 0.6 is 0 Å². The number of hydrogen-bond acceptors (Lipinski definition) is 3. The van der Waals surface area contributed by atoms with Crippen molar-refractivity contribution in [1.29, 1.82) is 0 Å². The van der Waals surface area contributed by atoms with Crippen molar-refractivity contribution in [3.05, 3.63) is 94.3 Å². The first-order valence-corrected chi connectivity index (χ1v) is 11.3. The number of aryl methyl sites for hydroxylation is 1. The molecule has 0 aromatic heterocycles. The third-order valence-electron chi connectivity index (χ3n) is 6.04. The fraction of sp³-hybridized carbons (Fsp3) is 0.259. The minimum Gasteiger partial charge on any atom is -0.489 e. The van der Waals surface area contributed by atoms with Crippen LogP contribution in [0.2, 0.25) is 0 Å². The molecule has 3 aromatic carbocycles. The van der Waals surface area contributed by atoms with E-state index in [-0.39, 0.29) is 43.1 Å². The van der Waals surface area contributed by atoms with E-state index in [0.29, 0.717) is 24.2 Å². The molecule has 0 saturated heterocycles. The van der Waals surface area contributed by atoms with Crippen LogP contribution < -0.4 is 9.64 Å².